The number of nitrogens with one attached hydrogen (secondary N) is 2. The zero-order valence-corrected chi connectivity index (χ0v) is 10.5. The average molecular weight is 271 g/mol. The predicted octanol–water partition coefficient (Wildman–Crippen LogP) is 0.728. The zero-order chi connectivity index (χ0) is 12.2. The third-order valence-corrected chi connectivity index (χ3v) is 4.06. The second-order valence-electron chi connectivity index (χ2n) is 3.70. The summed E-state index contributed by atoms with van der Waals surface area (Å²) in [6.07, 6.45) is 1.30. The van der Waals surface area contributed by atoms with Crippen LogP contribution in [0.4, 0.5) is 4.79 Å². The van der Waals surface area contributed by atoms with Gasteiger partial charge in [0.2, 0.25) is 0 Å². The van der Waals surface area contributed by atoms with Gasteiger partial charge in [0.25, 0.3) is 0 Å². The molecule has 0 spiro atoms. The fraction of sp³-hybridized carbons (Fsp3) is 0.875. The number of rotatable bonds is 5. The third kappa shape index (κ3) is 3.50. The monoisotopic (exact) mass is 270 g/mol. The van der Waals surface area contributed by atoms with Crippen LogP contribution in [0, 0.1) is 0 Å². The van der Waals surface area contributed by atoms with Gasteiger partial charge in [-0.2, -0.15) is 13.1 Å². The van der Waals surface area contributed by atoms with E-state index in [2.05, 4.69) is 9.46 Å². The molecule has 1 amide bonds. The van der Waals surface area contributed by atoms with Crippen molar-refractivity contribution in [1.82, 2.24) is 9.44 Å². The SMILES string of the molecule is CCOC(=O)NS(=O)(=O)NC1(CCl)CCC1. The van der Waals surface area contributed by atoms with E-state index in [-0.39, 0.29) is 12.5 Å². The van der Waals surface area contributed by atoms with Gasteiger partial charge in [-0.05, 0) is 26.2 Å². The minimum Gasteiger partial charge on any atom is -0.449 e. The third-order valence-electron chi connectivity index (χ3n) is 2.41. The number of amides is 1. The summed E-state index contributed by atoms with van der Waals surface area (Å²) in [6.45, 7) is 1.70. The van der Waals surface area contributed by atoms with Crippen molar-refractivity contribution >= 4 is 27.9 Å². The van der Waals surface area contributed by atoms with Gasteiger partial charge in [-0.3, -0.25) is 0 Å². The maximum Gasteiger partial charge on any atom is 0.421 e. The lowest BCUT2D eigenvalue weighted by atomic mass is 9.79. The lowest BCUT2D eigenvalue weighted by Crippen LogP contribution is -2.58. The van der Waals surface area contributed by atoms with Gasteiger partial charge in [0, 0.05) is 11.4 Å². The van der Waals surface area contributed by atoms with E-state index in [1.54, 1.807) is 11.6 Å². The maximum absolute atomic E-state index is 11.5. The van der Waals surface area contributed by atoms with Crippen LogP contribution in [0.25, 0.3) is 0 Å². The maximum atomic E-state index is 11.5. The number of carbonyl (C=O) groups excluding carboxylic acids is 1. The zero-order valence-electron chi connectivity index (χ0n) is 8.95. The Morgan fingerprint density at radius 3 is 2.50 bits per heavy atom. The molecule has 2 N–H and O–H groups in total. The van der Waals surface area contributed by atoms with Crippen molar-refractivity contribution < 1.29 is 17.9 Å². The van der Waals surface area contributed by atoms with Crippen molar-refractivity contribution in [1.29, 1.82) is 0 Å². The summed E-state index contributed by atoms with van der Waals surface area (Å²) in [6, 6.07) is 0. The molecule has 1 aliphatic carbocycles. The lowest BCUT2D eigenvalue weighted by Gasteiger charge is -2.40. The average Bonchev–Trinajstić information content (AvgIpc) is 2.11. The normalized spacial score (nSPS) is 18.6. The van der Waals surface area contributed by atoms with Crippen molar-refractivity contribution in [2.45, 2.75) is 31.7 Å². The molecule has 0 bridgehead atoms. The second-order valence-corrected chi connectivity index (χ2v) is 5.38. The molecule has 1 rings (SSSR count). The summed E-state index contributed by atoms with van der Waals surface area (Å²) in [7, 11) is -3.89. The Balaban J connectivity index is 2.54. The van der Waals surface area contributed by atoms with Crippen LogP contribution in [0.2, 0.25) is 0 Å². The molecule has 6 nitrogen and oxygen atoms in total. The molecule has 0 heterocycles. The standard InChI is InChI=1S/C8H15ClN2O4S/c1-2-15-7(12)10-16(13,14)11-8(6-9)4-3-5-8/h11H,2-6H2,1H3,(H,10,12). The summed E-state index contributed by atoms with van der Waals surface area (Å²) in [5, 5.41) is 0. The molecule has 1 fully saturated rings. The van der Waals surface area contributed by atoms with E-state index in [1.165, 1.54) is 0 Å². The largest absolute Gasteiger partial charge is 0.449 e. The molecule has 0 aromatic carbocycles. The van der Waals surface area contributed by atoms with Crippen LogP contribution in [-0.4, -0.2) is 32.5 Å². The summed E-state index contributed by atoms with van der Waals surface area (Å²) in [5.41, 5.74) is -0.611. The Morgan fingerprint density at radius 1 is 1.50 bits per heavy atom. The summed E-state index contributed by atoms with van der Waals surface area (Å²) >= 11 is 5.69. The number of ether oxygens (including phenoxy) is 1. The molecule has 0 saturated heterocycles. The molecule has 0 unspecified atom stereocenters. The fourth-order valence-electron chi connectivity index (χ4n) is 1.45. The van der Waals surface area contributed by atoms with Crippen molar-refractivity contribution in [2.75, 3.05) is 12.5 Å². The highest BCUT2D eigenvalue weighted by molar-refractivity contribution is 7.88. The van der Waals surface area contributed by atoms with E-state index in [0.29, 0.717) is 12.8 Å². The molecule has 16 heavy (non-hydrogen) atoms. The molecule has 0 aromatic heterocycles. The van der Waals surface area contributed by atoms with Gasteiger partial charge in [0.15, 0.2) is 0 Å². The van der Waals surface area contributed by atoms with Crippen LogP contribution < -0.4 is 9.44 Å². The van der Waals surface area contributed by atoms with Crippen LogP contribution >= 0.6 is 11.6 Å². The van der Waals surface area contributed by atoms with Crippen LogP contribution in [0.5, 0.6) is 0 Å². The molecular weight excluding hydrogens is 256 g/mol. The van der Waals surface area contributed by atoms with Gasteiger partial charge in [0.05, 0.1) is 6.61 Å². The number of carbonyl (C=O) groups is 1. The first-order valence-corrected chi connectivity index (χ1v) is 6.99. The number of alkyl halides is 1. The quantitative estimate of drug-likeness (QED) is 0.721. The highest BCUT2D eigenvalue weighted by atomic mass is 35.5. The van der Waals surface area contributed by atoms with Crippen molar-refractivity contribution in [2.24, 2.45) is 0 Å². The molecule has 8 heteroatoms. The number of hydrogen-bond acceptors (Lipinski definition) is 4. The first-order chi connectivity index (χ1) is 7.43. The van der Waals surface area contributed by atoms with Crippen LogP contribution in [0.3, 0.4) is 0 Å². The topological polar surface area (TPSA) is 84.5 Å². The number of halogens is 1. The van der Waals surface area contributed by atoms with Crippen LogP contribution in [-0.2, 0) is 14.9 Å². The Labute approximate surface area is 99.9 Å². The van der Waals surface area contributed by atoms with E-state index in [1.807, 2.05) is 0 Å². The van der Waals surface area contributed by atoms with Gasteiger partial charge >= 0.3 is 16.3 Å². The first kappa shape index (κ1) is 13.5. The van der Waals surface area contributed by atoms with Crippen molar-refractivity contribution in [3.8, 4) is 0 Å². The lowest BCUT2D eigenvalue weighted by molar-refractivity contribution is 0.158. The number of hydrogen-bond donors (Lipinski definition) is 2. The van der Waals surface area contributed by atoms with E-state index in [4.69, 9.17) is 11.6 Å². The highest BCUT2D eigenvalue weighted by Crippen LogP contribution is 2.33. The molecule has 0 aliphatic heterocycles. The van der Waals surface area contributed by atoms with Gasteiger partial charge < -0.3 is 4.74 Å². The van der Waals surface area contributed by atoms with Crippen molar-refractivity contribution in [3.63, 3.8) is 0 Å². The van der Waals surface area contributed by atoms with Crippen molar-refractivity contribution in [3.05, 3.63) is 0 Å². The molecule has 0 atom stereocenters. The summed E-state index contributed by atoms with van der Waals surface area (Å²) in [5.74, 6) is 0.191. The molecule has 0 radical (unpaired) electrons. The Bertz CT molecular complexity index is 348. The first-order valence-electron chi connectivity index (χ1n) is 4.97. The van der Waals surface area contributed by atoms with Gasteiger partial charge in [0.1, 0.15) is 0 Å². The Morgan fingerprint density at radius 2 is 2.12 bits per heavy atom. The summed E-state index contributed by atoms with van der Waals surface area (Å²) < 4.78 is 31.6. The smallest absolute Gasteiger partial charge is 0.421 e. The van der Waals surface area contributed by atoms with Crippen LogP contribution in [0.15, 0.2) is 0 Å². The van der Waals surface area contributed by atoms with Gasteiger partial charge in [-0.1, -0.05) is 0 Å². The minimum absolute atomic E-state index is 0.113. The molecular formula is C8H15ClN2O4S. The predicted molar refractivity (Wildman–Crippen MR) is 59.5 cm³/mol. The van der Waals surface area contributed by atoms with Gasteiger partial charge in [-0.15, -0.1) is 11.6 Å². The Hall–Kier alpha value is -0.530. The van der Waals surface area contributed by atoms with E-state index in [0.717, 1.165) is 6.42 Å². The van der Waals surface area contributed by atoms with E-state index >= 15 is 0 Å². The van der Waals surface area contributed by atoms with E-state index < -0.39 is 21.8 Å². The Kier molecular flexibility index (Phi) is 4.40. The highest BCUT2D eigenvalue weighted by Gasteiger charge is 2.40. The molecule has 94 valence electrons. The molecule has 0 aromatic rings. The van der Waals surface area contributed by atoms with Gasteiger partial charge in [-0.25, -0.2) is 9.52 Å². The van der Waals surface area contributed by atoms with Crippen LogP contribution in [0.1, 0.15) is 26.2 Å². The fourth-order valence-corrected chi connectivity index (χ4v) is 3.04. The molecule has 1 saturated carbocycles. The summed E-state index contributed by atoms with van der Waals surface area (Å²) in [4.78, 5) is 11.0. The minimum atomic E-state index is -3.89. The second kappa shape index (κ2) is 5.20. The molecule has 1 aliphatic rings. The van der Waals surface area contributed by atoms with E-state index in [9.17, 15) is 13.2 Å².